The van der Waals surface area contributed by atoms with Crippen LogP contribution in [0.1, 0.15) is 28.5 Å². The molecule has 4 rings (SSSR count). The molecule has 7 heteroatoms. The second-order valence-corrected chi connectivity index (χ2v) is 7.50. The highest BCUT2D eigenvalue weighted by molar-refractivity contribution is 6.51. The first-order valence-corrected chi connectivity index (χ1v) is 10.1. The maximum absolute atomic E-state index is 13.1. The molecule has 0 saturated carbocycles. The summed E-state index contributed by atoms with van der Waals surface area (Å²) in [6, 6.07) is 14.8. The molecule has 32 heavy (non-hydrogen) atoms. The number of hydrogen-bond donors (Lipinski definition) is 1. The van der Waals surface area contributed by atoms with Crippen LogP contribution < -0.4 is 9.64 Å². The molecule has 2 heterocycles. The molecule has 1 amide bonds. The van der Waals surface area contributed by atoms with Gasteiger partial charge >= 0.3 is 5.91 Å². The minimum absolute atomic E-state index is 0.0146. The van der Waals surface area contributed by atoms with Crippen molar-refractivity contribution in [2.45, 2.75) is 19.9 Å². The van der Waals surface area contributed by atoms with E-state index in [4.69, 9.17) is 9.26 Å². The fraction of sp³-hybridized carbons (Fsp3) is 0.160. The van der Waals surface area contributed by atoms with Crippen LogP contribution in [0.15, 0.2) is 77.3 Å². The largest absolute Gasteiger partial charge is 0.507 e. The van der Waals surface area contributed by atoms with Crippen molar-refractivity contribution in [3.63, 3.8) is 0 Å². The van der Waals surface area contributed by atoms with Crippen LogP contribution in [0.4, 0.5) is 5.82 Å². The summed E-state index contributed by atoms with van der Waals surface area (Å²) in [6.45, 7) is 7.60. The number of aromatic nitrogens is 1. The number of benzene rings is 2. The molecule has 0 bridgehead atoms. The monoisotopic (exact) mass is 430 g/mol. The Hall–Kier alpha value is -4.13. The van der Waals surface area contributed by atoms with E-state index in [2.05, 4.69) is 11.7 Å². The summed E-state index contributed by atoms with van der Waals surface area (Å²) in [5.74, 6) is -0.541. The fourth-order valence-corrected chi connectivity index (χ4v) is 3.62. The Morgan fingerprint density at radius 1 is 1.16 bits per heavy atom. The second kappa shape index (κ2) is 8.55. The first-order valence-electron chi connectivity index (χ1n) is 10.1. The summed E-state index contributed by atoms with van der Waals surface area (Å²) in [5.41, 5.74) is 2.07. The predicted molar refractivity (Wildman–Crippen MR) is 119 cm³/mol. The van der Waals surface area contributed by atoms with Crippen LogP contribution in [0.3, 0.4) is 0 Å². The maximum atomic E-state index is 13.1. The first-order chi connectivity index (χ1) is 15.4. The number of Topliss-reactive ketones (excluding diaryl/α,β-unsaturated/α-hetero) is 1. The summed E-state index contributed by atoms with van der Waals surface area (Å²) < 4.78 is 10.6. The van der Waals surface area contributed by atoms with E-state index in [1.807, 2.05) is 31.2 Å². The Bertz CT molecular complexity index is 1210. The molecule has 1 aliphatic heterocycles. The minimum atomic E-state index is -0.850. The first kappa shape index (κ1) is 21.1. The van der Waals surface area contributed by atoms with Gasteiger partial charge in [-0.25, -0.2) is 0 Å². The Kier molecular flexibility index (Phi) is 5.64. The summed E-state index contributed by atoms with van der Waals surface area (Å²) in [6.07, 6.45) is 1.63. The highest BCUT2D eigenvalue weighted by atomic mass is 16.5. The number of carbonyl (C=O) groups is 2. The highest BCUT2D eigenvalue weighted by Gasteiger charge is 2.48. The average molecular weight is 430 g/mol. The third-order valence-electron chi connectivity index (χ3n) is 5.20. The molecule has 1 saturated heterocycles. The lowest BCUT2D eigenvalue weighted by atomic mass is 9.94. The number of aliphatic hydroxyl groups excluding tert-OH is 1. The number of rotatable bonds is 6. The summed E-state index contributed by atoms with van der Waals surface area (Å²) >= 11 is 0. The molecule has 1 aliphatic rings. The molecule has 0 unspecified atom stereocenters. The van der Waals surface area contributed by atoms with Crippen LogP contribution in [-0.4, -0.2) is 28.6 Å². The van der Waals surface area contributed by atoms with Crippen molar-refractivity contribution in [1.82, 2.24) is 5.16 Å². The van der Waals surface area contributed by atoms with E-state index in [1.165, 1.54) is 4.90 Å². The summed E-state index contributed by atoms with van der Waals surface area (Å²) in [5, 5.41) is 15.0. The van der Waals surface area contributed by atoms with E-state index in [1.54, 1.807) is 43.3 Å². The van der Waals surface area contributed by atoms with Crippen LogP contribution in [0, 0.1) is 13.8 Å². The number of carbonyl (C=O) groups excluding carboxylic acids is 2. The Balaban J connectivity index is 1.84. The standard InChI is InChI=1S/C25H22N2O5/c1-4-13-31-19-11-9-18(10-12-19)23(28)21-22(17-7-5-15(2)6-8-17)27(25(30)24(21)29)20-14-16(3)32-26-20/h4-12,14,22,28H,1,13H2,2-3H3/t22-/m0/s1. The zero-order valence-electron chi connectivity index (χ0n) is 17.7. The lowest BCUT2D eigenvalue weighted by Gasteiger charge is -2.23. The van der Waals surface area contributed by atoms with Crippen LogP contribution in [0.2, 0.25) is 0 Å². The van der Waals surface area contributed by atoms with Crippen molar-refractivity contribution in [2.24, 2.45) is 0 Å². The van der Waals surface area contributed by atoms with Crippen molar-refractivity contribution < 1.29 is 24.0 Å². The number of hydrogen-bond acceptors (Lipinski definition) is 6. The normalized spacial score (nSPS) is 17.6. The molecule has 2 aromatic carbocycles. The van der Waals surface area contributed by atoms with Gasteiger partial charge in [-0.2, -0.15) is 0 Å². The fourth-order valence-electron chi connectivity index (χ4n) is 3.62. The number of ether oxygens (including phenoxy) is 1. The Morgan fingerprint density at radius 3 is 2.44 bits per heavy atom. The number of aryl methyl sites for hydroxylation is 2. The lowest BCUT2D eigenvalue weighted by molar-refractivity contribution is -0.132. The van der Waals surface area contributed by atoms with Crippen molar-refractivity contribution >= 4 is 23.3 Å². The van der Waals surface area contributed by atoms with Gasteiger partial charge in [-0.1, -0.05) is 47.6 Å². The van der Waals surface area contributed by atoms with E-state index in [9.17, 15) is 14.7 Å². The van der Waals surface area contributed by atoms with Gasteiger partial charge < -0.3 is 14.4 Å². The van der Waals surface area contributed by atoms with Crippen molar-refractivity contribution in [1.29, 1.82) is 0 Å². The molecule has 162 valence electrons. The molecule has 1 fully saturated rings. The van der Waals surface area contributed by atoms with Gasteiger partial charge in [-0.15, -0.1) is 0 Å². The van der Waals surface area contributed by atoms with E-state index in [0.29, 0.717) is 29.2 Å². The molecular formula is C25H22N2O5. The van der Waals surface area contributed by atoms with Gasteiger partial charge in [0.25, 0.3) is 5.78 Å². The zero-order valence-corrected chi connectivity index (χ0v) is 17.7. The van der Waals surface area contributed by atoms with Gasteiger partial charge in [0.15, 0.2) is 5.82 Å². The van der Waals surface area contributed by atoms with Gasteiger partial charge in [-0.3, -0.25) is 14.5 Å². The van der Waals surface area contributed by atoms with E-state index >= 15 is 0 Å². The molecule has 0 spiro atoms. The van der Waals surface area contributed by atoms with Gasteiger partial charge in [0.1, 0.15) is 23.9 Å². The van der Waals surface area contributed by atoms with Gasteiger partial charge in [0.05, 0.1) is 11.6 Å². The van der Waals surface area contributed by atoms with Gasteiger partial charge in [0, 0.05) is 11.6 Å². The summed E-state index contributed by atoms with van der Waals surface area (Å²) in [7, 11) is 0. The molecule has 3 aromatic rings. The predicted octanol–water partition coefficient (Wildman–Crippen LogP) is 4.48. The maximum Gasteiger partial charge on any atom is 0.301 e. The van der Waals surface area contributed by atoms with Crippen molar-refractivity contribution in [3.8, 4) is 5.75 Å². The van der Waals surface area contributed by atoms with E-state index in [0.717, 1.165) is 5.56 Å². The number of amides is 1. The number of ketones is 1. The highest BCUT2D eigenvalue weighted by Crippen LogP contribution is 2.42. The summed E-state index contributed by atoms with van der Waals surface area (Å²) in [4.78, 5) is 27.3. The lowest BCUT2D eigenvalue weighted by Crippen LogP contribution is -2.29. The molecule has 1 aromatic heterocycles. The average Bonchev–Trinajstić information content (AvgIpc) is 3.33. The quantitative estimate of drug-likeness (QED) is 0.268. The van der Waals surface area contributed by atoms with Gasteiger partial charge in [-0.05, 0) is 43.7 Å². The molecule has 1 N–H and O–H groups in total. The Labute approximate surface area is 185 Å². The molecule has 1 atom stereocenters. The third-order valence-corrected chi connectivity index (χ3v) is 5.20. The number of anilines is 1. The van der Waals surface area contributed by atoms with Crippen LogP contribution in [-0.2, 0) is 9.59 Å². The molecule has 0 radical (unpaired) electrons. The van der Waals surface area contributed by atoms with Crippen LogP contribution in [0.5, 0.6) is 5.75 Å². The SMILES string of the molecule is C=CCOc1ccc(C(O)=C2C(=O)C(=O)N(c3cc(C)on3)[C@H]2c2ccc(C)cc2)cc1. The topological polar surface area (TPSA) is 92.9 Å². The van der Waals surface area contributed by atoms with Gasteiger partial charge in [0.2, 0.25) is 0 Å². The van der Waals surface area contributed by atoms with E-state index in [-0.39, 0.29) is 17.2 Å². The number of aliphatic hydroxyl groups is 1. The number of nitrogens with zero attached hydrogens (tertiary/aromatic N) is 2. The smallest absolute Gasteiger partial charge is 0.301 e. The zero-order chi connectivity index (χ0) is 22.8. The second-order valence-electron chi connectivity index (χ2n) is 7.50. The van der Waals surface area contributed by atoms with E-state index < -0.39 is 17.7 Å². The molecular weight excluding hydrogens is 408 g/mol. The molecule has 7 nitrogen and oxygen atoms in total. The Morgan fingerprint density at radius 2 is 1.84 bits per heavy atom. The third kappa shape index (κ3) is 3.80. The minimum Gasteiger partial charge on any atom is -0.507 e. The van der Waals surface area contributed by atoms with Crippen molar-refractivity contribution in [2.75, 3.05) is 11.5 Å². The van der Waals surface area contributed by atoms with Crippen LogP contribution in [0.25, 0.3) is 5.76 Å². The van der Waals surface area contributed by atoms with Crippen LogP contribution >= 0.6 is 0 Å². The molecule has 0 aliphatic carbocycles. The van der Waals surface area contributed by atoms with Crippen molar-refractivity contribution in [3.05, 3.63) is 95.3 Å².